The van der Waals surface area contributed by atoms with Gasteiger partial charge in [0.05, 0.1) is 30.4 Å². The normalized spacial score (nSPS) is 14.5. The molecule has 3 aromatic heterocycles. The van der Waals surface area contributed by atoms with E-state index >= 15 is 0 Å². The summed E-state index contributed by atoms with van der Waals surface area (Å²) >= 11 is 0. The summed E-state index contributed by atoms with van der Waals surface area (Å²) in [6.45, 7) is 6.86. The molecule has 0 unspecified atom stereocenters. The summed E-state index contributed by atoms with van der Waals surface area (Å²) in [4.78, 5) is 30.7. The number of para-hydroxylation sites is 3. The molecule has 0 aliphatic carbocycles. The minimum absolute atomic E-state index is 0.223. The number of nitrogens with zero attached hydrogens (tertiary/aromatic N) is 6. The van der Waals surface area contributed by atoms with Gasteiger partial charge in [-0.25, -0.2) is 14.5 Å². The van der Waals surface area contributed by atoms with Crippen molar-refractivity contribution < 1.29 is 9.47 Å². The van der Waals surface area contributed by atoms with Crippen LogP contribution in [0.1, 0.15) is 24.0 Å². The van der Waals surface area contributed by atoms with Crippen LogP contribution in [0.2, 0.25) is 0 Å². The predicted molar refractivity (Wildman–Crippen MR) is 173 cm³/mol. The standard InChI is InChI=1S/C34H35N7O3/c1-21-8-7-9-22(2)30(21)41-32(42)25-19-35-33(38-31(25)40-27-11-6-5-10-26(27)37-34(40)41)36-24-12-13-28(29(18-24)43-4)44-20-23-14-16-39(3)17-15-23/h5-13,18-19,23H,14-17,20H2,1-4H3,(H,35,36,38). The first-order valence-corrected chi connectivity index (χ1v) is 14.9. The lowest BCUT2D eigenvalue weighted by molar-refractivity contribution is 0.157. The van der Waals surface area contributed by atoms with Gasteiger partial charge in [-0.05, 0) is 88.1 Å². The first-order valence-electron chi connectivity index (χ1n) is 14.9. The molecule has 6 aromatic rings. The van der Waals surface area contributed by atoms with Crippen LogP contribution in [0.3, 0.4) is 0 Å². The molecule has 4 heterocycles. The lowest BCUT2D eigenvalue weighted by Crippen LogP contribution is -2.32. The highest BCUT2D eigenvalue weighted by Gasteiger charge is 2.21. The van der Waals surface area contributed by atoms with E-state index in [1.165, 1.54) is 0 Å². The monoisotopic (exact) mass is 589 g/mol. The summed E-state index contributed by atoms with van der Waals surface area (Å²) in [7, 11) is 3.80. The SMILES string of the molecule is COc1cc(Nc2ncc3c(=O)n(-c4c(C)cccc4C)c4nc5ccccc5n4c3n2)ccc1OCC1CCN(C)CC1. The van der Waals surface area contributed by atoms with Crippen molar-refractivity contribution in [1.82, 2.24) is 28.8 Å². The van der Waals surface area contributed by atoms with Crippen molar-refractivity contribution in [2.24, 2.45) is 5.92 Å². The summed E-state index contributed by atoms with van der Waals surface area (Å²) in [5.74, 6) is 2.72. The maximum atomic E-state index is 14.1. The summed E-state index contributed by atoms with van der Waals surface area (Å²) < 4.78 is 15.5. The van der Waals surface area contributed by atoms with Crippen LogP contribution < -0.4 is 20.3 Å². The molecule has 0 atom stereocenters. The Morgan fingerprint density at radius 2 is 1.73 bits per heavy atom. The van der Waals surface area contributed by atoms with Crippen molar-refractivity contribution in [2.75, 3.05) is 39.2 Å². The molecular formula is C34H35N7O3. The highest BCUT2D eigenvalue weighted by atomic mass is 16.5. The third-order valence-electron chi connectivity index (χ3n) is 8.55. The van der Waals surface area contributed by atoms with Gasteiger partial charge in [-0.1, -0.05) is 30.3 Å². The number of likely N-dealkylation sites (tertiary alicyclic amines) is 1. The number of fused-ring (bicyclic) bond motifs is 5. The molecule has 44 heavy (non-hydrogen) atoms. The fourth-order valence-electron chi connectivity index (χ4n) is 6.13. The fraction of sp³-hybridized carbons (Fsp3) is 0.294. The Hall–Kier alpha value is -4.96. The van der Waals surface area contributed by atoms with E-state index in [0.29, 0.717) is 46.8 Å². The van der Waals surface area contributed by atoms with Gasteiger partial charge in [-0.15, -0.1) is 0 Å². The maximum absolute atomic E-state index is 14.1. The zero-order valence-corrected chi connectivity index (χ0v) is 25.4. The van der Waals surface area contributed by atoms with E-state index in [1.807, 2.05) is 78.9 Å². The van der Waals surface area contributed by atoms with E-state index in [9.17, 15) is 4.79 Å². The number of aromatic nitrogens is 5. The quantitative estimate of drug-likeness (QED) is 0.254. The van der Waals surface area contributed by atoms with Crippen LogP contribution in [0.5, 0.6) is 11.5 Å². The van der Waals surface area contributed by atoms with E-state index in [1.54, 1.807) is 17.9 Å². The Morgan fingerprint density at radius 1 is 0.955 bits per heavy atom. The third-order valence-corrected chi connectivity index (χ3v) is 8.55. The first kappa shape index (κ1) is 27.8. The highest BCUT2D eigenvalue weighted by molar-refractivity contribution is 5.88. The molecule has 0 bridgehead atoms. The number of anilines is 2. The Kier molecular flexibility index (Phi) is 7.14. The lowest BCUT2D eigenvalue weighted by Gasteiger charge is -2.28. The minimum Gasteiger partial charge on any atom is -0.493 e. The van der Waals surface area contributed by atoms with Gasteiger partial charge >= 0.3 is 0 Å². The molecular weight excluding hydrogens is 554 g/mol. The summed E-state index contributed by atoms with van der Waals surface area (Å²) in [6.07, 6.45) is 3.85. The average molecular weight is 590 g/mol. The first-order chi connectivity index (χ1) is 21.4. The van der Waals surface area contributed by atoms with Gasteiger partial charge in [-0.2, -0.15) is 4.98 Å². The van der Waals surface area contributed by atoms with E-state index < -0.39 is 0 Å². The van der Waals surface area contributed by atoms with Gasteiger partial charge in [0.1, 0.15) is 5.39 Å². The molecule has 0 amide bonds. The van der Waals surface area contributed by atoms with Crippen molar-refractivity contribution in [3.05, 3.63) is 88.3 Å². The molecule has 3 aromatic carbocycles. The highest BCUT2D eigenvalue weighted by Crippen LogP contribution is 2.33. The van der Waals surface area contributed by atoms with Crippen molar-refractivity contribution >= 4 is 39.5 Å². The Balaban J connectivity index is 1.28. The van der Waals surface area contributed by atoms with Crippen molar-refractivity contribution in [3.63, 3.8) is 0 Å². The van der Waals surface area contributed by atoms with Crippen molar-refractivity contribution in [1.29, 1.82) is 0 Å². The molecule has 0 saturated carbocycles. The van der Waals surface area contributed by atoms with Crippen LogP contribution >= 0.6 is 0 Å². The maximum Gasteiger partial charge on any atom is 0.270 e. The topological polar surface area (TPSA) is 98.8 Å². The molecule has 1 saturated heterocycles. The second-order valence-electron chi connectivity index (χ2n) is 11.6. The second-order valence-corrected chi connectivity index (χ2v) is 11.6. The van der Waals surface area contributed by atoms with Crippen LogP contribution in [0.15, 0.2) is 71.7 Å². The molecule has 0 spiro atoms. The summed E-state index contributed by atoms with van der Waals surface area (Å²) in [6, 6.07) is 19.5. The summed E-state index contributed by atoms with van der Waals surface area (Å²) in [5, 5.41) is 3.68. The van der Waals surface area contributed by atoms with E-state index in [0.717, 1.165) is 59.5 Å². The predicted octanol–water partition coefficient (Wildman–Crippen LogP) is 5.67. The molecule has 7 rings (SSSR count). The zero-order valence-electron chi connectivity index (χ0n) is 25.4. The molecule has 1 aliphatic heterocycles. The molecule has 1 N–H and O–H groups in total. The minimum atomic E-state index is -0.223. The van der Waals surface area contributed by atoms with E-state index in [-0.39, 0.29) is 5.56 Å². The number of rotatable bonds is 7. The summed E-state index contributed by atoms with van der Waals surface area (Å²) in [5.41, 5.74) is 5.39. The molecule has 1 aliphatic rings. The largest absolute Gasteiger partial charge is 0.493 e. The number of imidazole rings is 1. The van der Waals surface area contributed by atoms with Gasteiger partial charge in [0.15, 0.2) is 17.1 Å². The number of aryl methyl sites for hydroxylation is 2. The third kappa shape index (κ3) is 4.90. The van der Waals surface area contributed by atoms with Gasteiger partial charge in [0.25, 0.3) is 5.56 Å². The van der Waals surface area contributed by atoms with Crippen LogP contribution in [0.25, 0.3) is 33.5 Å². The van der Waals surface area contributed by atoms with Gasteiger partial charge in [0, 0.05) is 18.0 Å². The molecule has 1 fully saturated rings. The Bertz CT molecular complexity index is 2060. The van der Waals surface area contributed by atoms with Crippen LogP contribution in [-0.4, -0.2) is 62.7 Å². The second kappa shape index (κ2) is 11.3. The number of methoxy groups -OCH3 is 1. The number of hydrogen-bond donors (Lipinski definition) is 1. The lowest BCUT2D eigenvalue weighted by atomic mass is 9.98. The molecule has 10 nitrogen and oxygen atoms in total. The number of benzene rings is 3. The zero-order chi connectivity index (χ0) is 30.4. The fourth-order valence-corrected chi connectivity index (χ4v) is 6.13. The van der Waals surface area contributed by atoms with E-state index in [2.05, 4.69) is 22.2 Å². The number of nitrogens with one attached hydrogen (secondary N) is 1. The van der Waals surface area contributed by atoms with Gasteiger partial charge in [0.2, 0.25) is 11.7 Å². The van der Waals surface area contributed by atoms with Crippen LogP contribution in [0, 0.1) is 19.8 Å². The van der Waals surface area contributed by atoms with Crippen molar-refractivity contribution in [3.8, 4) is 17.2 Å². The number of piperidine rings is 1. The average Bonchev–Trinajstić information content (AvgIpc) is 3.42. The van der Waals surface area contributed by atoms with Crippen molar-refractivity contribution in [2.45, 2.75) is 26.7 Å². The van der Waals surface area contributed by atoms with Gasteiger partial charge in [-0.3, -0.25) is 9.20 Å². The molecule has 10 heteroatoms. The number of ether oxygens (including phenoxy) is 2. The molecule has 0 radical (unpaired) electrons. The number of hydrogen-bond acceptors (Lipinski definition) is 8. The Labute approximate surface area is 254 Å². The van der Waals surface area contributed by atoms with Crippen LogP contribution in [0.4, 0.5) is 11.6 Å². The Morgan fingerprint density at radius 3 is 2.50 bits per heavy atom. The van der Waals surface area contributed by atoms with Gasteiger partial charge < -0.3 is 19.7 Å². The van der Waals surface area contributed by atoms with E-state index in [4.69, 9.17) is 19.4 Å². The smallest absolute Gasteiger partial charge is 0.270 e. The molecule has 224 valence electrons. The van der Waals surface area contributed by atoms with Crippen LogP contribution in [-0.2, 0) is 0 Å².